The molecule has 0 aliphatic carbocycles. The molecule has 0 saturated heterocycles. The zero-order valence-electron chi connectivity index (χ0n) is 15.2. The molecule has 0 saturated carbocycles. The van der Waals surface area contributed by atoms with E-state index >= 15 is 0 Å². The van der Waals surface area contributed by atoms with Crippen LogP contribution in [0.2, 0.25) is 0 Å². The molecule has 128 valence electrons. The molecular formula is C24H27N. The molecule has 0 radical (unpaired) electrons. The fraction of sp³-hybridized carbons (Fsp3) is 0.250. The largest absolute Gasteiger partial charge is 0.303 e. The smallest absolute Gasteiger partial charge is 0.0324 e. The summed E-state index contributed by atoms with van der Waals surface area (Å²) in [6, 6.07) is 32.6. The molecular weight excluding hydrogens is 302 g/mol. The molecule has 0 aliphatic rings. The summed E-state index contributed by atoms with van der Waals surface area (Å²) < 4.78 is 0. The molecule has 0 fully saturated rings. The summed E-state index contributed by atoms with van der Waals surface area (Å²) in [7, 11) is 4.43. The molecule has 1 nitrogen and oxygen atoms in total. The topological polar surface area (TPSA) is 3.24 Å². The van der Waals surface area contributed by atoms with Crippen molar-refractivity contribution in [2.45, 2.75) is 24.8 Å². The van der Waals surface area contributed by atoms with Gasteiger partial charge in [-0.2, -0.15) is 0 Å². The predicted octanol–water partition coefficient (Wildman–Crippen LogP) is 5.01. The van der Waals surface area contributed by atoms with E-state index in [0.29, 0.717) is 0 Å². The summed E-state index contributed by atoms with van der Waals surface area (Å²) in [5, 5.41) is 0. The average Bonchev–Trinajstić information content (AvgIpc) is 2.64. The number of benzene rings is 3. The lowest BCUT2D eigenvalue weighted by atomic mass is 9.79. The third-order valence-electron chi connectivity index (χ3n) is 5.08. The first-order valence-corrected chi connectivity index (χ1v) is 8.97. The minimum atomic E-state index is 0.0457. The second-order valence-corrected chi connectivity index (χ2v) is 7.11. The van der Waals surface area contributed by atoms with Crippen molar-refractivity contribution in [2.75, 3.05) is 14.1 Å². The third kappa shape index (κ3) is 4.58. The number of hydrogen-bond donors (Lipinski definition) is 0. The number of rotatable bonds is 7. The lowest BCUT2D eigenvalue weighted by Gasteiger charge is -2.41. The van der Waals surface area contributed by atoms with Gasteiger partial charge in [-0.1, -0.05) is 91.0 Å². The van der Waals surface area contributed by atoms with Crippen molar-refractivity contribution >= 4 is 0 Å². The SMILES string of the molecule is CN(C)C(Cc1ccccc1)(Cc1ccccc1)Cc1ccccc1. The highest BCUT2D eigenvalue weighted by molar-refractivity contribution is 5.26. The maximum atomic E-state index is 2.42. The highest BCUT2D eigenvalue weighted by Gasteiger charge is 2.33. The van der Waals surface area contributed by atoms with Gasteiger partial charge >= 0.3 is 0 Å². The Hall–Kier alpha value is -2.38. The summed E-state index contributed by atoms with van der Waals surface area (Å²) in [5.74, 6) is 0. The third-order valence-corrected chi connectivity index (χ3v) is 5.08. The maximum absolute atomic E-state index is 2.42. The lowest BCUT2D eigenvalue weighted by Crippen LogP contribution is -2.50. The molecule has 3 aromatic carbocycles. The van der Waals surface area contributed by atoms with Gasteiger partial charge in [-0.3, -0.25) is 0 Å². The Balaban J connectivity index is 1.97. The van der Waals surface area contributed by atoms with E-state index in [9.17, 15) is 0 Å². The minimum Gasteiger partial charge on any atom is -0.303 e. The Bertz CT molecular complexity index is 646. The van der Waals surface area contributed by atoms with Crippen LogP contribution in [0.5, 0.6) is 0 Å². The van der Waals surface area contributed by atoms with Gasteiger partial charge in [0.25, 0.3) is 0 Å². The molecule has 0 bridgehead atoms. The number of nitrogens with zero attached hydrogens (tertiary/aromatic N) is 1. The van der Waals surface area contributed by atoms with Crippen LogP contribution in [0.1, 0.15) is 16.7 Å². The molecule has 0 aliphatic heterocycles. The van der Waals surface area contributed by atoms with E-state index in [0.717, 1.165) is 19.3 Å². The van der Waals surface area contributed by atoms with Crippen molar-refractivity contribution in [3.8, 4) is 0 Å². The Morgan fingerprint density at radius 2 is 0.800 bits per heavy atom. The van der Waals surface area contributed by atoms with Crippen LogP contribution in [-0.4, -0.2) is 24.5 Å². The van der Waals surface area contributed by atoms with Crippen LogP contribution in [0.4, 0.5) is 0 Å². The molecule has 3 aromatic rings. The molecule has 0 aromatic heterocycles. The molecule has 0 heterocycles. The summed E-state index contributed by atoms with van der Waals surface area (Å²) in [5.41, 5.74) is 4.22. The van der Waals surface area contributed by atoms with Gasteiger partial charge in [0.1, 0.15) is 0 Å². The van der Waals surface area contributed by atoms with Crippen LogP contribution in [0.15, 0.2) is 91.0 Å². The van der Waals surface area contributed by atoms with Gasteiger partial charge in [-0.05, 0) is 50.0 Å². The molecule has 0 spiro atoms. The van der Waals surface area contributed by atoms with Crippen molar-refractivity contribution in [3.63, 3.8) is 0 Å². The molecule has 25 heavy (non-hydrogen) atoms. The summed E-state index contributed by atoms with van der Waals surface area (Å²) in [4.78, 5) is 2.42. The van der Waals surface area contributed by atoms with Crippen LogP contribution < -0.4 is 0 Å². The van der Waals surface area contributed by atoms with Gasteiger partial charge in [-0.15, -0.1) is 0 Å². The van der Waals surface area contributed by atoms with Crippen molar-refractivity contribution in [1.82, 2.24) is 4.90 Å². The zero-order chi connectivity index (χ0) is 17.5. The van der Waals surface area contributed by atoms with E-state index in [-0.39, 0.29) is 5.54 Å². The first kappa shape index (κ1) is 17.4. The van der Waals surface area contributed by atoms with Gasteiger partial charge in [0, 0.05) is 5.54 Å². The van der Waals surface area contributed by atoms with Crippen molar-refractivity contribution in [3.05, 3.63) is 108 Å². The average molecular weight is 329 g/mol. The Kier molecular flexibility index (Phi) is 5.67. The Morgan fingerprint density at radius 1 is 0.520 bits per heavy atom. The van der Waals surface area contributed by atoms with E-state index < -0.39 is 0 Å². The quantitative estimate of drug-likeness (QED) is 0.588. The van der Waals surface area contributed by atoms with Gasteiger partial charge in [0.15, 0.2) is 0 Å². The number of hydrogen-bond acceptors (Lipinski definition) is 1. The molecule has 0 N–H and O–H groups in total. The normalized spacial score (nSPS) is 11.6. The second-order valence-electron chi connectivity index (χ2n) is 7.11. The van der Waals surface area contributed by atoms with Crippen LogP contribution in [0.25, 0.3) is 0 Å². The summed E-state index contributed by atoms with van der Waals surface area (Å²) >= 11 is 0. The van der Waals surface area contributed by atoms with Gasteiger partial charge in [-0.25, -0.2) is 0 Å². The molecule has 1 heteroatoms. The van der Waals surface area contributed by atoms with E-state index in [1.54, 1.807) is 0 Å². The van der Waals surface area contributed by atoms with E-state index in [1.165, 1.54) is 16.7 Å². The van der Waals surface area contributed by atoms with Crippen LogP contribution in [0, 0.1) is 0 Å². The molecule has 0 unspecified atom stereocenters. The second kappa shape index (κ2) is 8.13. The highest BCUT2D eigenvalue weighted by atomic mass is 15.1. The van der Waals surface area contributed by atoms with Crippen molar-refractivity contribution < 1.29 is 0 Å². The Labute approximate surface area is 151 Å². The van der Waals surface area contributed by atoms with Gasteiger partial charge in [0.05, 0.1) is 0 Å². The standard InChI is InChI=1S/C24H27N/c1-25(2)24(18-21-12-6-3-7-13-21,19-22-14-8-4-9-15-22)20-23-16-10-5-11-17-23/h3-17H,18-20H2,1-2H3. The first-order valence-electron chi connectivity index (χ1n) is 8.97. The van der Waals surface area contributed by atoms with Gasteiger partial charge in [0.2, 0.25) is 0 Å². The van der Waals surface area contributed by atoms with Gasteiger partial charge < -0.3 is 4.90 Å². The summed E-state index contributed by atoms with van der Waals surface area (Å²) in [6.45, 7) is 0. The van der Waals surface area contributed by atoms with Crippen molar-refractivity contribution in [2.24, 2.45) is 0 Å². The molecule has 0 atom stereocenters. The monoisotopic (exact) mass is 329 g/mol. The zero-order valence-corrected chi connectivity index (χ0v) is 15.2. The van der Waals surface area contributed by atoms with E-state index in [1.807, 2.05) is 0 Å². The lowest BCUT2D eigenvalue weighted by molar-refractivity contribution is 0.148. The molecule has 0 amide bonds. The predicted molar refractivity (Wildman–Crippen MR) is 107 cm³/mol. The van der Waals surface area contributed by atoms with E-state index in [2.05, 4.69) is 110 Å². The maximum Gasteiger partial charge on any atom is 0.0324 e. The van der Waals surface area contributed by atoms with Crippen LogP contribution in [-0.2, 0) is 19.3 Å². The fourth-order valence-corrected chi connectivity index (χ4v) is 3.59. The Morgan fingerprint density at radius 3 is 1.04 bits per heavy atom. The van der Waals surface area contributed by atoms with Crippen molar-refractivity contribution in [1.29, 1.82) is 0 Å². The van der Waals surface area contributed by atoms with Crippen LogP contribution in [0.3, 0.4) is 0 Å². The minimum absolute atomic E-state index is 0.0457. The molecule has 3 rings (SSSR count). The van der Waals surface area contributed by atoms with E-state index in [4.69, 9.17) is 0 Å². The first-order chi connectivity index (χ1) is 12.2. The summed E-state index contributed by atoms with van der Waals surface area (Å²) in [6.07, 6.45) is 3.10. The fourth-order valence-electron chi connectivity index (χ4n) is 3.59. The number of likely N-dealkylation sites (N-methyl/N-ethyl adjacent to an activating group) is 1. The van der Waals surface area contributed by atoms with Crippen LogP contribution >= 0.6 is 0 Å². The highest BCUT2D eigenvalue weighted by Crippen LogP contribution is 2.28.